The molecule has 0 spiro atoms. The van der Waals surface area contributed by atoms with Gasteiger partial charge in [-0.1, -0.05) is 51.1 Å². The van der Waals surface area contributed by atoms with E-state index in [1.165, 1.54) is 29.3 Å². The summed E-state index contributed by atoms with van der Waals surface area (Å²) in [5, 5.41) is 4.98. The third-order valence-corrected chi connectivity index (χ3v) is 6.02. The Morgan fingerprint density at radius 3 is 2.24 bits per heavy atom. The summed E-state index contributed by atoms with van der Waals surface area (Å²) in [5.41, 5.74) is -0.349. The molecule has 0 bridgehead atoms. The maximum atomic E-state index is 13.3. The zero-order valence-corrected chi connectivity index (χ0v) is 19.1. The largest absolute Gasteiger partial charge is 0.448 e. The van der Waals surface area contributed by atoms with Gasteiger partial charge in [-0.05, 0) is 35.2 Å². The molecule has 2 aromatic rings. The van der Waals surface area contributed by atoms with E-state index in [-0.39, 0.29) is 29.0 Å². The molecule has 0 saturated heterocycles. The van der Waals surface area contributed by atoms with Crippen LogP contribution in [0.2, 0.25) is 0 Å². The lowest BCUT2D eigenvalue weighted by molar-refractivity contribution is -0.0600. The highest BCUT2D eigenvalue weighted by molar-refractivity contribution is 7.90. The van der Waals surface area contributed by atoms with Gasteiger partial charge in [-0.3, -0.25) is 5.01 Å². The van der Waals surface area contributed by atoms with Crippen LogP contribution < -0.4 is 9.73 Å². The lowest BCUT2D eigenvalue weighted by atomic mass is 9.99. The van der Waals surface area contributed by atoms with Gasteiger partial charge in [0.1, 0.15) is 5.71 Å². The van der Waals surface area contributed by atoms with Crippen molar-refractivity contribution in [1.82, 2.24) is 4.72 Å². The summed E-state index contributed by atoms with van der Waals surface area (Å²) in [6.07, 6.45) is -6.03. The summed E-state index contributed by atoms with van der Waals surface area (Å²) < 4.78 is 71.7. The first kappa shape index (κ1) is 24.6. The molecule has 33 heavy (non-hydrogen) atoms. The van der Waals surface area contributed by atoms with E-state index in [4.69, 9.17) is 4.74 Å². The van der Waals surface area contributed by atoms with Crippen molar-refractivity contribution >= 4 is 27.5 Å². The van der Waals surface area contributed by atoms with Crippen LogP contribution in [0.4, 0.5) is 23.7 Å². The maximum Gasteiger partial charge on any atom is 0.431 e. The van der Waals surface area contributed by atoms with Gasteiger partial charge in [0, 0.05) is 6.42 Å². The van der Waals surface area contributed by atoms with E-state index in [0.29, 0.717) is 5.56 Å². The highest BCUT2D eigenvalue weighted by Gasteiger charge is 2.43. The van der Waals surface area contributed by atoms with Crippen LogP contribution in [-0.4, -0.2) is 33.0 Å². The first-order valence-corrected chi connectivity index (χ1v) is 11.5. The third-order valence-electron chi connectivity index (χ3n) is 4.69. The van der Waals surface area contributed by atoms with E-state index in [9.17, 15) is 26.4 Å². The SMILES string of the molecule is CC(C)(C)COC(=O)NS(=O)(=O)c1ccc(N2N=C(C(F)(F)F)CC2c2ccccc2)cc1. The minimum absolute atomic E-state index is 0.0165. The predicted molar refractivity (Wildman–Crippen MR) is 117 cm³/mol. The number of carbonyl (C=O) groups excluding carboxylic acids is 1. The number of rotatable bonds is 5. The van der Waals surface area contributed by atoms with Crippen LogP contribution in [0.1, 0.15) is 38.8 Å². The van der Waals surface area contributed by atoms with Gasteiger partial charge < -0.3 is 4.74 Å². The molecule has 0 saturated carbocycles. The highest BCUT2D eigenvalue weighted by Crippen LogP contribution is 2.39. The van der Waals surface area contributed by atoms with Crippen LogP contribution in [0.25, 0.3) is 0 Å². The number of hydrazone groups is 1. The Morgan fingerprint density at radius 2 is 1.70 bits per heavy atom. The Labute approximate surface area is 190 Å². The lowest BCUT2D eigenvalue weighted by Crippen LogP contribution is -2.33. The molecule has 1 N–H and O–H groups in total. The summed E-state index contributed by atoms with van der Waals surface area (Å²) in [4.78, 5) is 11.6. The molecule has 1 unspecified atom stereocenters. The number of anilines is 1. The van der Waals surface area contributed by atoms with Gasteiger partial charge in [-0.2, -0.15) is 18.3 Å². The summed E-state index contributed by atoms with van der Waals surface area (Å²) in [6, 6.07) is 13.0. The van der Waals surface area contributed by atoms with Crippen molar-refractivity contribution in [2.24, 2.45) is 10.5 Å². The van der Waals surface area contributed by atoms with Crippen LogP contribution in [0.3, 0.4) is 0 Å². The standard InChI is InChI=1S/C22H24F3N3O4S/c1-21(2,3)14-32-20(29)27-33(30,31)17-11-9-16(10-12-17)28-18(15-7-5-4-6-8-15)13-19(26-28)22(23,24)25/h4-12,18H,13-14H2,1-3H3,(H,27,29). The van der Waals surface area contributed by atoms with Crippen LogP contribution in [-0.2, 0) is 14.8 Å². The number of nitrogens with zero attached hydrogens (tertiary/aromatic N) is 2. The molecule has 1 atom stereocenters. The first-order valence-electron chi connectivity index (χ1n) is 10.0. The van der Waals surface area contributed by atoms with E-state index in [1.807, 2.05) is 25.5 Å². The van der Waals surface area contributed by atoms with Crippen molar-refractivity contribution in [2.45, 2.75) is 44.3 Å². The molecular weight excluding hydrogens is 459 g/mol. The van der Waals surface area contributed by atoms with E-state index in [0.717, 1.165) is 0 Å². The van der Waals surface area contributed by atoms with Crippen molar-refractivity contribution in [3.63, 3.8) is 0 Å². The number of amides is 1. The Morgan fingerprint density at radius 1 is 1.09 bits per heavy atom. The summed E-state index contributed by atoms with van der Waals surface area (Å²) in [7, 11) is -4.23. The van der Waals surface area contributed by atoms with Crippen molar-refractivity contribution in [1.29, 1.82) is 0 Å². The second kappa shape index (κ2) is 9.05. The van der Waals surface area contributed by atoms with E-state index >= 15 is 0 Å². The molecule has 0 aliphatic carbocycles. The lowest BCUT2D eigenvalue weighted by Gasteiger charge is -2.24. The average Bonchev–Trinajstić information content (AvgIpc) is 3.18. The number of nitrogens with one attached hydrogen (secondary N) is 1. The van der Waals surface area contributed by atoms with Crippen LogP contribution in [0.15, 0.2) is 64.6 Å². The van der Waals surface area contributed by atoms with E-state index in [2.05, 4.69) is 5.10 Å². The predicted octanol–water partition coefficient (Wildman–Crippen LogP) is 5.02. The van der Waals surface area contributed by atoms with Crippen LogP contribution in [0.5, 0.6) is 0 Å². The van der Waals surface area contributed by atoms with Gasteiger partial charge in [0.15, 0.2) is 0 Å². The zero-order valence-electron chi connectivity index (χ0n) is 18.3. The molecular formula is C22H24F3N3O4S. The molecule has 1 aliphatic rings. The number of hydrogen-bond acceptors (Lipinski definition) is 6. The average molecular weight is 484 g/mol. The fourth-order valence-corrected chi connectivity index (χ4v) is 4.00. The monoisotopic (exact) mass is 483 g/mol. The second-order valence-electron chi connectivity index (χ2n) is 8.76. The van der Waals surface area contributed by atoms with Gasteiger partial charge in [0.25, 0.3) is 10.0 Å². The first-order chi connectivity index (χ1) is 15.3. The Bertz CT molecular complexity index is 1130. The molecule has 0 fully saturated rings. The van der Waals surface area contributed by atoms with Crippen molar-refractivity contribution in [3.8, 4) is 0 Å². The zero-order chi connectivity index (χ0) is 24.4. The number of benzene rings is 2. The molecule has 3 rings (SSSR count). The minimum atomic E-state index is -4.58. The maximum absolute atomic E-state index is 13.3. The molecule has 178 valence electrons. The second-order valence-corrected chi connectivity index (χ2v) is 10.4. The van der Waals surface area contributed by atoms with Crippen LogP contribution >= 0.6 is 0 Å². The van der Waals surface area contributed by atoms with Gasteiger partial charge in [-0.25, -0.2) is 17.9 Å². The molecule has 0 aromatic heterocycles. The van der Waals surface area contributed by atoms with Crippen LogP contribution in [0, 0.1) is 5.41 Å². The normalized spacial score (nSPS) is 17.0. The summed E-state index contributed by atoms with van der Waals surface area (Å²) in [5.74, 6) is 0. The number of halogens is 3. The number of carbonyl (C=O) groups is 1. The fraction of sp³-hybridized carbons (Fsp3) is 0.364. The Kier molecular flexibility index (Phi) is 6.73. The van der Waals surface area contributed by atoms with Crippen molar-refractivity contribution in [3.05, 3.63) is 60.2 Å². The summed E-state index contributed by atoms with van der Waals surface area (Å²) >= 11 is 0. The Hall–Kier alpha value is -3.08. The highest BCUT2D eigenvalue weighted by atomic mass is 32.2. The minimum Gasteiger partial charge on any atom is -0.448 e. The molecule has 2 aromatic carbocycles. The number of ether oxygens (including phenoxy) is 1. The molecule has 7 nitrogen and oxygen atoms in total. The van der Waals surface area contributed by atoms with Gasteiger partial charge in [0.2, 0.25) is 0 Å². The Balaban J connectivity index is 1.82. The topological polar surface area (TPSA) is 88.1 Å². The van der Waals surface area contributed by atoms with Crippen molar-refractivity contribution < 1.29 is 31.1 Å². The molecule has 11 heteroatoms. The van der Waals surface area contributed by atoms with Crippen molar-refractivity contribution in [2.75, 3.05) is 11.6 Å². The number of sulfonamides is 1. The van der Waals surface area contributed by atoms with E-state index < -0.39 is 34.0 Å². The van der Waals surface area contributed by atoms with Gasteiger partial charge >= 0.3 is 12.3 Å². The molecule has 1 aliphatic heterocycles. The summed E-state index contributed by atoms with van der Waals surface area (Å²) in [6.45, 7) is 5.48. The number of alkyl halides is 3. The van der Waals surface area contributed by atoms with Gasteiger partial charge in [-0.15, -0.1) is 0 Å². The quantitative estimate of drug-likeness (QED) is 0.645. The molecule has 0 radical (unpaired) electrons. The fourth-order valence-electron chi connectivity index (χ4n) is 3.11. The molecule has 1 amide bonds. The molecule has 1 heterocycles. The smallest absolute Gasteiger partial charge is 0.431 e. The number of hydrogen-bond donors (Lipinski definition) is 1. The third kappa shape index (κ3) is 6.25. The van der Waals surface area contributed by atoms with Gasteiger partial charge in [0.05, 0.1) is 23.2 Å². The van der Waals surface area contributed by atoms with E-state index in [1.54, 1.807) is 30.3 Å².